The molecular weight excluding hydrogens is 338 g/mol. The van der Waals surface area contributed by atoms with Crippen LogP contribution in [-0.2, 0) is 16.1 Å². The number of hydrogen-bond donors (Lipinski definition) is 0. The number of fused-ring (bicyclic) bond motifs is 1. The molecule has 0 radical (unpaired) electrons. The first-order valence-corrected chi connectivity index (χ1v) is 10.0. The van der Waals surface area contributed by atoms with Gasteiger partial charge < -0.3 is 9.64 Å². The molecule has 2 aliphatic heterocycles. The van der Waals surface area contributed by atoms with Crippen molar-refractivity contribution in [1.82, 2.24) is 14.8 Å². The van der Waals surface area contributed by atoms with Crippen LogP contribution in [0.1, 0.15) is 31.2 Å². The summed E-state index contributed by atoms with van der Waals surface area (Å²) in [6.45, 7) is 5.59. The van der Waals surface area contributed by atoms with Crippen molar-refractivity contribution in [2.24, 2.45) is 5.41 Å². The van der Waals surface area contributed by atoms with Gasteiger partial charge in [0.2, 0.25) is 5.91 Å². The maximum absolute atomic E-state index is 12.4. The lowest BCUT2D eigenvalue weighted by Crippen LogP contribution is -2.41. The van der Waals surface area contributed by atoms with Crippen LogP contribution in [0, 0.1) is 5.41 Å². The van der Waals surface area contributed by atoms with Gasteiger partial charge in [0.25, 0.3) is 0 Å². The molecule has 1 aromatic heterocycles. The van der Waals surface area contributed by atoms with Crippen molar-refractivity contribution in [3.8, 4) is 0 Å². The average molecular weight is 367 g/mol. The lowest BCUT2D eigenvalue weighted by atomic mass is 9.77. The third-order valence-electron chi connectivity index (χ3n) is 6.23. The van der Waals surface area contributed by atoms with Gasteiger partial charge in [-0.2, -0.15) is 0 Å². The van der Waals surface area contributed by atoms with Crippen LogP contribution in [0.15, 0.2) is 36.5 Å². The number of rotatable bonds is 6. The second kappa shape index (κ2) is 7.95. The summed E-state index contributed by atoms with van der Waals surface area (Å²) in [6, 6.07) is 10.5. The Morgan fingerprint density at radius 3 is 2.81 bits per heavy atom. The van der Waals surface area contributed by atoms with Crippen LogP contribution in [0.4, 0.5) is 0 Å². The standard InChI is InChI=1S/C22H29N3O2/c1-27-14-4-11-25-17-22(15-21(25)26)8-12-24(13-9-22)16-18-7-10-23-20-6-3-2-5-19(18)20/h2-3,5-7,10H,4,8-9,11-17H2,1H3. The van der Waals surface area contributed by atoms with Crippen molar-refractivity contribution in [2.45, 2.75) is 32.2 Å². The fourth-order valence-corrected chi connectivity index (χ4v) is 4.64. The molecule has 0 bridgehead atoms. The van der Waals surface area contributed by atoms with E-state index in [1.54, 1.807) is 7.11 Å². The fourth-order valence-electron chi connectivity index (χ4n) is 4.64. The van der Waals surface area contributed by atoms with E-state index in [0.717, 1.165) is 70.5 Å². The molecule has 2 aromatic rings. The Hall–Kier alpha value is -1.98. The Bertz CT molecular complexity index is 794. The number of benzene rings is 1. The van der Waals surface area contributed by atoms with E-state index in [9.17, 15) is 4.79 Å². The third-order valence-corrected chi connectivity index (χ3v) is 6.23. The van der Waals surface area contributed by atoms with Crippen LogP contribution in [0.2, 0.25) is 0 Å². The summed E-state index contributed by atoms with van der Waals surface area (Å²) < 4.78 is 5.13. The molecule has 2 saturated heterocycles. The summed E-state index contributed by atoms with van der Waals surface area (Å²) in [7, 11) is 1.72. The molecule has 1 spiro atoms. The molecule has 0 aliphatic carbocycles. The van der Waals surface area contributed by atoms with Gasteiger partial charge in [-0.05, 0) is 55.5 Å². The minimum Gasteiger partial charge on any atom is -0.385 e. The first-order chi connectivity index (χ1) is 13.2. The van der Waals surface area contributed by atoms with Gasteiger partial charge in [0.15, 0.2) is 0 Å². The zero-order valence-electron chi connectivity index (χ0n) is 16.2. The van der Waals surface area contributed by atoms with E-state index in [2.05, 4.69) is 39.0 Å². The van der Waals surface area contributed by atoms with Gasteiger partial charge >= 0.3 is 0 Å². The van der Waals surface area contributed by atoms with Gasteiger partial charge in [-0.1, -0.05) is 18.2 Å². The highest BCUT2D eigenvalue weighted by Gasteiger charge is 2.44. The van der Waals surface area contributed by atoms with Gasteiger partial charge in [0.1, 0.15) is 0 Å². The van der Waals surface area contributed by atoms with Gasteiger partial charge in [-0.15, -0.1) is 0 Å². The van der Waals surface area contributed by atoms with Crippen molar-refractivity contribution in [3.05, 3.63) is 42.1 Å². The van der Waals surface area contributed by atoms with Crippen molar-refractivity contribution in [3.63, 3.8) is 0 Å². The molecule has 5 heteroatoms. The molecule has 144 valence electrons. The molecule has 5 nitrogen and oxygen atoms in total. The van der Waals surface area contributed by atoms with Crippen molar-refractivity contribution < 1.29 is 9.53 Å². The summed E-state index contributed by atoms with van der Waals surface area (Å²) in [6.07, 6.45) is 5.80. The smallest absolute Gasteiger partial charge is 0.223 e. The van der Waals surface area contributed by atoms with Crippen LogP contribution in [0.5, 0.6) is 0 Å². The molecule has 1 amide bonds. The van der Waals surface area contributed by atoms with E-state index in [1.165, 1.54) is 10.9 Å². The maximum atomic E-state index is 12.4. The largest absolute Gasteiger partial charge is 0.385 e. The Morgan fingerprint density at radius 2 is 2.00 bits per heavy atom. The van der Waals surface area contributed by atoms with E-state index in [1.807, 2.05) is 12.3 Å². The highest BCUT2D eigenvalue weighted by molar-refractivity contribution is 5.81. The maximum Gasteiger partial charge on any atom is 0.223 e. The number of pyridine rings is 1. The minimum atomic E-state index is 0.195. The zero-order valence-corrected chi connectivity index (χ0v) is 16.2. The number of nitrogens with zero attached hydrogens (tertiary/aromatic N) is 3. The first-order valence-electron chi connectivity index (χ1n) is 10.0. The van der Waals surface area contributed by atoms with Gasteiger partial charge in [-0.3, -0.25) is 14.7 Å². The topological polar surface area (TPSA) is 45.7 Å². The Labute approximate surface area is 161 Å². The van der Waals surface area contributed by atoms with E-state index < -0.39 is 0 Å². The molecule has 1 aromatic carbocycles. The SMILES string of the molecule is COCCCN1CC2(CCN(Cc3ccnc4ccccc34)CC2)CC1=O. The van der Waals surface area contributed by atoms with E-state index in [0.29, 0.717) is 5.91 Å². The van der Waals surface area contributed by atoms with Crippen molar-refractivity contribution >= 4 is 16.8 Å². The van der Waals surface area contributed by atoms with Crippen LogP contribution in [-0.4, -0.2) is 60.6 Å². The van der Waals surface area contributed by atoms with Gasteiger partial charge in [0.05, 0.1) is 5.52 Å². The average Bonchev–Trinajstić information content (AvgIpc) is 2.99. The molecule has 4 rings (SSSR count). The number of carbonyl (C=O) groups is 1. The van der Waals surface area contributed by atoms with Crippen LogP contribution in [0.25, 0.3) is 10.9 Å². The lowest BCUT2D eigenvalue weighted by molar-refractivity contribution is -0.128. The highest BCUT2D eigenvalue weighted by Crippen LogP contribution is 2.41. The van der Waals surface area contributed by atoms with E-state index in [4.69, 9.17) is 4.74 Å². The summed E-state index contributed by atoms with van der Waals surface area (Å²) in [5.41, 5.74) is 2.61. The number of piperidine rings is 1. The van der Waals surface area contributed by atoms with Gasteiger partial charge in [-0.25, -0.2) is 0 Å². The van der Waals surface area contributed by atoms with Crippen LogP contribution >= 0.6 is 0 Å². The number of hydrogen-bond acceptors (Lipinski definition) is 4. The number of methoxy groups -OCH3 is 1. The summed E-state index contributed by atoms with van der Waals surface area (Å²) >= 11 is 0. The summed E-state index contributed by atoms with van der Waals surface area (Å²) in [4.78, 5) is 21.5. The predicted molar refractivity (Wildman–Crippen MR) is 106 cm³/mol. The normalized spacial score (nSPS) is 20.0. The van der Waals surface area contributed by atoms with Crippen molar-refractivity contribution in [1.29, 1.82) is 0 Å². The van der Waals surface area contributed by atoms with Gasteiger partial charge in [0, 0.05) is 51.4 Å². The zero-order chi connectivity index (χ0) is 18.7. The number of carbonyl (C=O) groups excluding carboxylic acids is 1. The van der Waals surface area contributed by atoms with Crippen LogP contribution in [0.3, 0.4) is 0 Å². The number of aromatic nitrogens is 1. The second-order valence-electron chi connectivity index (χ2n) is 8.10. The minimum absolute atomic E-state index is 0.195. The fraction of sp³-hybridized carbons (Fsp3) is 0.545. The third kappa shape index (κ3) is 3.99. The molecule has 2 aliphatic rings. The molecule has 0 unspecified atom stereocenters. The summed E-state index contributed by atoms with van der Waals surface area (Å²) in [5, 5.41) is 1.25. The molecule has 0 N–H and O–H groups in total. The van der Waals surface area contributed by atoms with Crippen molar-refractivity contribution in [2.75, 3.05) is 39.9 Å². The highest BCUT2D eigenvalue weighted by atomic mass is 16.5. The molecule has 0 saturated carbocycles. The van der Waals surface area contributed by atoms with E-state index in [-0.39, 0.29) is 5.41 Å². The number of amides is 1. The Balaban J connectivity index is 1.36. The molecule has 3 heterocycles. The number of ether oxygens (including phenoxy) is 1. The first kappa shape index (κ1) is 18.4. The molecule has 0 atom stereocenters. The second-order valence-corrected chi connectivity index (χ2v) is 8.10. The summed E-state index contributed by atoms with van der Waals surface area (Å²) in [5.74, 6) is 0.333. The molecular formula is C22H29N3O2. The Morgan fingerprint density at radius 1 is 1.19 bits per heavy atom. The molecule has 2 fully saturated rings. The predicted octanol–water partition coefficient (Wildman–Crippen LogP) is 3.09. The number of likely N-dealkylation sites (tertiary alicyclic amines) is 2. The van der Waals surface area contributed by atoms with E-state index >= 15 is 0 Å². The quantitative estimate of drug-likeness (QED) is 0.736. The Kier molecular flexibility index (Phi) is 5.41. The molecule has 27 heavy (non-hydrogen) atoms. The number of para-hydroxylation sites is 1. The monoisotopic (exact) mass is 367 g/mol. The lowest BCUT2D eigenvalue weighted by Gasteiger charge is -2.39. The van der Waals surface area contributed by atoms with Crippen LogP contribution < -0.4 is 0 Å².